The number of hydrogen-bond donors (Lipinski definition) is 0. The van der Waals surface area contributed by atoms with Crippen molar-refractivity contribution in [3.05, 3.63) is 35.4 Å². The molecular weight excluding hydrogens is 224 g/mol. The van der Waals surface area contributed by atoms with Crippen LogP contribution in [0.1, 0.15) is 20.7 Å². The molecule has 0 unspecified atom stereocenters. The monoisotopic (exact) mass is 228 g/mol. The zero-order chi connectivity index (χ0) is 8.97. The fourth-order valence-electron chi connectivity index (χ4n) is 0.827. The van der Waals surface area contributed by atoms with Crippen molar-refractivity contribution in [2.24, 2.45) is 0 Å². The summed E-state index contributed by atoms with van der Waals surface area (Å²) in [6.07, 6.45) is 0.610. The smallest absolute Gasteiger partial charge is 0.350 e. The molecule has 1 aromatic carbocycles. The van der Waals surface area contributed by atoms with Crippen molar-refractivity contribution in [2.45, 2.75) is 0 Å². The van der Waals surface area contributed by atoms with Crippen LogP contribution in [0.4, 0.5) is 0 Å². The van der Waals surface area contributed by atoms with E-state index in [0.717, 1.165) is 0 Å². The molecule has 1 rings (SSSR count). The highest BCUT2D eigenvalue weighted by atomic mass is 79.9. The maximum absolute atomic E-state index is 11.0. The van der Waals surface area contributed by atoms with E-state index in [4.69, 9.17) is 0 Å². The molecule has 0 saturated carbocycles. The molecule has 3 nitrogen and oxygen atoms in total. The van der Waals surface area contributed by atoms with Crippen LogP contribution in [-0.2, 0) is 3.83 Å². The summed E-state index contributed by atoms with van der Waals surface area (Å²) in [5, 5.41) is 0. The highest BCUT2D eigenvalue weighted by molar-refractivity contribution is 9.06. The Bertz CT molecular complexity index is 309. The SMILES string of the molecule is O=Cc1ccccc1C(=O)OBr. The predicted molar refractivity (Wildman–Crippen MR) is 46.2 cm³/mol. The molecule has 1 aromatic rings. The Morgan fingerprint density at radius 3 is 2.67 bits per heavy atom. The van der Waals surface area contributed by atoms with Gasteiger partial charge in [-0.05, 0) is 6.07 Å². The highest BCUT2D eigenvalue weighted by Gasteiger charge is 2.09. The van der Waals surface area contributed by atoms with E-state index < -0.39 is 5.97 Å². The second kappa shape index (κ2) is 4.01. The van der Waals surface area contributed by atoms with Crippen LogP contribution in [0.15, 0.2) is 24.3 Å². The minimum atomic E-state index is -0.572. The molecule has 0 aliphatic rings. The number of carbonyl (C=O) groups is 2. The molecule has 0 bridgehead atoms. The van der Waals surface area contributed by atoms with Crippen LogP contribution in [0.5, 0.6) is 0 Å². The lowest BCUT2D eigenvalue weighted by Gasteiger charge is -1.98. The lowest BCUT2D eigenvalue weighted by atomic mass is 10.1. The molecule has 0 spiro atoms. The number of rotatable bonds is 2. The molecule has 0 N–H and O–H groups in total. The standard InChI is InChI=1S/C8H5BrO3/c9-12-8(11)7-4-2-1-3-6(7)5-10/h1-5H. The van der Waals surface area contributed by atoms with Gasteiger partial charge in [0.15, 0.2) is 22.5 Å². The van der Waals surface area contributed by atoms with Gasteiger partial charge >= 0.3 is 5.97 Å². The quantitative estimate of drug-likeness (QED) is 0.728. The lowest BCUT2D eigenvalue weighted by molar-refractivity contribution is 0.0778. The average molecular weight is 229 g/mol. The number of halogens is 1. The zero-order valence-electron chi connectivity index (χ0n) is 5.99. The molecule has 0 radical (unpaired) electrons. The third-order valence-corrected chi connectivity index (χ3v) is 1.67. The van der Waals surface area contributed by atoms with E-state index in [0.29, 0.717) is 11.8 Å². The first-order chi connectivity index (χ1) is 5.79. The molecule has 0 atom stereocenters. The van der Waals surface area contributed by atoms with Gasteiger partial charge in [-0.2, -0.15) is 0 Å². The summed E-state index contributed by atoms with van der Waals surface area (Å²) in [6, 6.07) is 6.40. The van der Waals surface area contributed by atoms with Gasteiger partial charge in [-0.3, -0.25) is 4.79 Å². The van der Waals surface area contributed by atoms with Crippen LogP contribution < -0.4 is 0 Å². The first kappa shape index (κ1) is 8.93. The number of benzene rings is 1. The molecule has 0 fully saturated rings. The Kier molecular flexibility index (Phi) is 2.99. The van der Waals surface area contributed by atoms with Gasteiger partial charge in [0.05, 0.1) is 5.56 Å². The molecule has 0 aliphatic carbocycles. The Morgan fingerprint density at radius 1 is 1.42 bits per heavy atom. The fourth-order valence-corrected chi connectivity index (χ4v) is 1.00. The fraction of sp³-hybridized carbons (Fsp3) is 0. The molecule has 62 valence electrons. The normalized spacial score (nSPS) is 9.08. The zero-order valence-corrected chi connectivity index (χ0v) is 7.58. The Balaban J connectivity index is 3.13. The topological polar surface area (TPSA) is 43.4 Å². The second-order valence-electron chi connectivity index (χ2n) is 2.07. The summed E-state index contributed by atoms with van der Waals surface area (Å²) in [7, 11) is 0. The Hall–Kier alpha value is -1.16. The van der Waals surface area contributed by atoms with Gasteiger partial charge in [0, 0.05) is 5.56 Å². The van der Waals surface area contributed by atoms with E-state index >= 15 is 0 Å². The summed E-state index contributed by atoms with van der Waals surface area (Å²) in [6.45, 7) is 0. The Morgan fingerprint density at radius 2 is 2.08 bits per heavy atom. The molecule has 0 aromatic heterocycles. The number of hydrogen-bond acceptors (Lipinski definition) is 3. The van der Waals surface area contributed by atoms with Gasteiger partial charge in [-0.1, -0.05) is 18.2 Å². The van der Waals surface area contributed by atoms with Crippen LogP contribution >= 0.6 is 16.3 Å². The van der Waals surface area contributed by atoms with E-state index in [1.807, 2.05) is 0 Å². The van der Waals surface area contributed by atoms with Crippen LogP contribution in [0, 0.1) is 0 Å². The number of aldehydes is 1. The molecule has 4 heteroatoms. The average Bonchev–Trinajstić information content (AvgIpc) is 2.16. The van der Waals surface area contributed by atoms with Crippen molar-refractivity contribution in [2.75, 3.05) is 0 Å². The van der Waals surface area contributed by atoms with Crippen LogP contribution in [0.3, 0.4) is 0 Å². The minimum absolute atomic E-state index is 0.254. The van der Waals surface area contributed by atoms with Crippen molar-refractivity contribution in [3.8, 4) is 0 Å². The maximum atomic E-state index is 11.0. The largest absolute Gasteiger partial charge is 0.380 e. The Labute approximate surface area is 77.8 Å². The van der Waals surface area contributed by atoms with Gasteiger partial charge in [-0.25, -0.2) is 4.79 Å². The van der Waals surface area contributed by atoms with Crippen molar-refractivity contribution >= 4 is 28.5 Å². The van der Waals surface area contributed by atoms with Crippen LogP contribution in [0.25, 0.3) is 0 Å². The van der Waals surface area contributed by atoms with Gasteiger partial charge in [0.2, 0.25) is 0 Å². The summed E-state index contributed by atoms with van der Waals surface area (Å²) in [5.41, 5.74) is 0.575. The minimum Gasteiger partial charge on any atom is -0.380 e. The third kappa shape index (κ3) is 1.71. The van der Waals surface area contributed by atoms with E-state index in [9.17, 15) is 9.59 Å². The van der Waals surface area contributed by atoms with Crippen molar-refractivity contribution < 1.29 is 13.4 Å². The molecule has 12 heavy (non-hydrogen) atoms. The van der Waals surface area contributed by atoms with Crippen LogP contribution in [0.2, 0.25) is 0 Å². The number of carbonyl (C=O) groups excluding carboxylic acids is 2. The molecule has 0 heterocycles. The van der Waals surface area contributed by atoms with Gasteiger partial charge < -0.3 is 3.83 Å². The van der Waals surface area contributed by atoms with Crippen molar-refractivity contribution in [3.63, 3.8) is 0 Å². The van der Waals surface area contributed by atoms with Gasteiger partial charge in [0.25, 0.3) is 0 Å². The van der Waals surface area contributed by atoms with Gasteiger partial charge in [0.1, 0.15) is 0 Å². The maximum Gasteiger partial charge on any atom is 0.350 e. The highest BCUT2D eigenvalue weighted by Crippen LogP contribution is 2.08. The van der Waals surface area contributed by atoms with Crippen molar-refractivity contribution in [1.82, 2.24) is 0 Å². The summed E-state index contributed by atoms with van der Waals surface area (Å²) >= 11 is 2.55. The van der Waals surface area contributed by atoms with Crippen molar-refractivity contribution in [1.29, 1.82) is 0 Å². The van der Waals surface area contributed by atoms with E-state index in [2.05, 4.69) is 20.1 Å². The predicted octanol–water partition coefficient (Wildman–Crippen LogP) is 1.97. The first-order valence-electron chi connectivity index (χ1n) is 3.16. The molecular formula is C8H5BrO3. The van der Waals surface area contributed by atoms with E-state index in [1.165, 1.54) is 6.07 Å². The lowest BCUT2D eigenvalue weighted by Crippen LogP contribution is -2.01. The molecule has 0 saturated heterocycles. The summed E-state index contributed by atoms with van der Waals surface area (Å²) in [4.78, 5) is 21.4. The summed E-state index contributed by atoms with van der Waals surface area (Å²) < 4.78 is 4.29. The summed E-state index contributed by atoms with van der Waals surface area (Å²) in [5.74, 6) is -0.572. The van der Waals surface area contributed by atoms with E-state index in [-0.39, 0.29) is 5.56 Å². The van der Waals surface area contributed by atoms with Gasteiger partial charge in [-0.15, -0.1) is 0 Å². The first-order valence-corrected chi connectivity index (χ1v) is 3.81. The van der Waals surface area contributed by atoms with Crippen LogP contribution in [-0.4, -0.2) is 12.3 Å². The second-order valence-corrected chi connectivity index (χ2v) is 2.39. The van der Waals surface area contributed by atoms with E-state index in [1.54, 1.807) is 18.2 Å². The molecule has 0 amide bonds. The third-order valence-electron chi connectivity index (χ3n) is 1.38. The molecule has 0 aliphatic heterocycles.